The van der Waals surface area contributed by atoms with Crippen LogP contribution in [0.4, 0.5) is 0 Å². The maximum atomic E-state index is 11.6. The molecule has 0 aliphatic carbocycles. The maximum absolute atomic E-state index is 11.6. The zero-order valence-electron chi connectivity index (χ0n) is 14.9. The van der Waals surface area contributed by atoms with Crippen LogP contribution in [0.25, 0.3) is 0 Å². The lowest BCUT2D eigenvalue weighted by molar-refractivity contribution is -0.129. The van der Waals surface area contributed by atoms with Crippen LogP contribution in [0, 0.1) is 12.8 Å². The van der Waals surface area contributed by atoms with Gasteiger partial charge >= 0.3 is 0 Å². The van der Waals surface area contributed by atoms with Crippen LogP contribution in [0.2, 0.25) is 10.0 Å². The molecule has 0 saturated carbocycles. The predicted octanol–water partition coefficient (Wildman–Crippen LogP) is 4.06. The summed E-state index contributed by atoms with van der Waals surface area (Å²) in [4.78, 5) is 13.8. The van der Waals surface area contributed by atoms with Crippen LogP contribution in [0.15, 0.2) is 36.4 Å². The number of rotatable bonds is 6. The van der Waals surface area contributed by atoms with Gasteiger partial charge in [-0.3, -0.25) is 9.69 Å². The van der Waals surface area contributed by atoms with Crippen LogP contribution in [0.3, 0.4) is 0 Å². The van der Waals surface area contributed by atoms with Gasteiger partial charge in [0.1, 0.15) is 12.4 Å². The minimum absolute atomic E-state index is 0.120. The van der Waals surface area contributed by atoms with E-state index in [1.54, 1.807) is 13.1 Å². The lowest BCUT2D eigenvalue weighted by Crippen LogP contribution is -2.52. The van der Waals surface area contributed by atoms with Crippen molar-refractivity contribution >= 4 is 29.1 Å². The molecule has 0 atom stereocenters. The van der Waals surface area contributed by atoms with E-state index < -0.39 is 0 Å². The van der Waals surface area contributed by atoms with Crippen molar-refractivity contribution in [2.45, 2.75) is 20.1 Å². The fourth-order valence-electron chi connectivity index (χ4n) is 3.04. The predicted molar refractivity (Wildman–Crippen MR) is 105 cm³/mol. The van der Waals surface area contributed by atoms with Crippen LogP contribution in [0.5, 0.6) is 5.75 Å². The highest BCUT2D eigenvalue weighted by atomic mass is 35.5. The molecule has 138 valence electrons. The monoisotopic (exact) mass is 392 g/mol. The molecule has 0 radical (unpaired) electrons. The van der Waals surface area contributed by atoms with Gasteiger partial charge in [0.05, 0.1) is 16.0 Å². The zero-order chi connectivity index (χ0) is 18.7. The van der Waals surface area contributed by atoms with Crippen molar-refractivity contribution in [1.29, 1.82) is 0 Å². The number of benzene rings is 2. The fourth-order valence-corrected chi connectivity index (χ4v) is 3.36. The normalized spacial score (nSPS) is 14.8. The van der Waals surface area contributed by atoms with Gasteiger partial charge in [0.25, 0.3) is 0 Å². The zero-order valence-corrected chi connectivity index (χ0v) is 16.4. The van der Waals surface area contributed by atoms with Gasteiger partial charge in [-0.25, -0.2) is 0 Å². The number of amides is 1. The molecule has 1 N–H and O–H groups in total. The first-order valence-electron chi connectivity index (χ1n) is 8.56. The van der Waals surface area contributed by atoms with Crippen LogP contribution in [-0.4, -0.2) is 30.9 Å². The van der Waals surface area contributed by atoms with E-state index in [1.165, 1.54) is 11.1 Å². The van der Waals surface area contributed by atoms with Crippen LogP contribution in [-0.2, 0) is 17.9 Å². The summed E-state index contributed by atoms with van der Waals surface area (Å²) in [6.07, 6.45) is 0. The summed E-state index contributed by atoms with van der Waals surface area (Å²) in [5.74, 6) is 1.07. The number of ether oxygens (including phenoxy) is 1. The second kappa shape index (κ2) is 8.30. The first kappa shape index (κ1) is 19.0. The summed E-state index contributed by atoms with van der Waals surface area (Å²) in [5, 5.41) is 3.78. The highest BCUT2D eigenvalue weighted by molar-refractivity contribution is 6.42. The number of halogens is 2. The molecule has 1 saturated heterocycles. The van der Waals surface area contributed by atoms with Gasteiger partial charge in [-0.2, -0.15) is 0 Å². The molecule has 0 aromatic heterocycles. The van der Waals surface area contributed by atoms with Crippen molar-refractivity contribution in [2.75, 3.05) is 20.1 Å². The molecule has 1 amide bonds. The summed E-state index contributed by atoms with van der Waals surface area (Å²) in [6, 6.07) is 11.6. The number of likely N-dealkylation sites (tertiary alicyclic amines) is 1. The molecule has 0 unspecified atom stereocenters. The van der Waals surface area contributed by atoms with Gasteiger partial charge in [0, 0.05) is 26.7 Å². The molecule has 4 nitrogen and oxygen atoms in total. The number of nitrogens with one attached hydrogen (secondary N) is 1. The average Bonchev–Trinajstić information content (AvgIpc) is 2.59. The summed E-state index contributed by atoms with van der Waals surface area (Å²) in [6.45, 7) is 5.00. The fraction of sp³-hybridized carbons (Fsp3) is 0.350. The smallest absolute Gasteiger partial charge is 0.225 e. The lowest BCUT2D eigenvalue weighted by Gasteiger charge is -2.38. The molecule has 2 aromatic rings. The summed E-state index contributed by atoms with van der Waals surface area (Å²) in [7, 11) is 1.69. The van der Waals surface area contributed by atoms with E-state index in [2.05, 4.69) is 23.2 Å². The lowest BCUT2D eigenvalue weighted by atomic mass is 9.97. The quantitative estimate of drug-likeness (QED) is 0.805. The number of hydrogen-bond acceptors (Lipinski definition) is 3. The number of nitrogens with zero attached hydrogens (tertiary/aromatic N) is 1. The van der Waals surface area contributed by atoms with Crippen LogP contribution < -0.4 is 10.1 Å². The minimum Gasteiger partial charge on any atom is -0.489 e. The summed E-state index contributed by atoms with van der Waals surface area (Å²) >= 11 is 12.0. The first-order valence-corrected chi connectivity index (χ1v) is 9.32. The molecular weight excluding hydrogens is 371 g/mol. The van der Waals surface area contributed by atoms with E-state index in [-0.39, 0.29) is 11.8 Å². The Hall–Kier alpha value is -1.75. The van der Waals surface area contributed by atoms with Crippen molar-refractivity contribution in [2.24, 2.45) is 5.92 Å². The molecule has 0 spiro atoms. The van der Waals surface area contributed by atoms with E-state index in [0.29, 0.717) is 16.7 Å². The molecular formula is C20H22Cl2N2O2. The summed E-state index contributed by atoms with van der Waals surface area (Å²) < 4.78 is 5.86. The van der Waals surface area contributed by atoms with Gasteiger partial charge < -0.3 is 10.1 Å². The van der Waals surface area contributed by atoms with Crippen molar-refractivity contribution < 1.29 is 9.53 Å². The highest BCUT2D eigenvalue weighted by Crippen LogP contribution is 2.25. The molecule has 1 aliphatic rings. The average molecular weight is 393 g/mol. The first-order chi connectivity index (χ1) is 12.5. The van der Waals surface area contributed by atoms with E-state index in [9.17, 15) is 4.79 Å². The molecule has 26 heavy (non-hydrogen) atoms. The number of hydrogen-bond donors (Lipinski definition) is 1. The van der Waals surface area contributed by atoms with Crippen molar-refractivity contribution in [3.8, 4) is 5.75 Å². The second-order valence-corrected chi connectivity index (χ2v) is 7.45. The van der Waals surface area contributed by atoms with Gasteiger partial charge in [-0.15, -0.1) is 0 Å². The third-order valence-corrected chi connectivity index (χ3v) is 5.41. The van der Waals surface area contributed by atoms with Crippen molar-refractivity contribution in [3.63, 3.8) is 0 Å². The third kappa shape index (κ3) is 4.50. The molecule has 1 fully saturated rings. The van der Waals surface area contributed by atoms with Gasteiger partial charge in [-0.1, -0.05) is 35.3 Å². The molecule has 2 aromatic carbocycles. The Bertz CT molecular complexity index is 804. The standard InChI is InChI=1S/C20H22Cl2N2O2/c1-13-7-17(26-12-14-3-6-18(21)19(22)8-14)5-4-15(13)9-24-10-16(11-24)20(25)23-2/h3-8,16H,9-12H2,1-2H3,(H,23,25). The highest BCUT2D eigenvalue weighted by Gasteiger charge is 2.31. The van der Waals surface area contributed by atoms with Gasteiger partial charge in [0.15, 0.2) is 0 Å². The second-order valence-electron chi connectivity index (χ2n) is 6.63. The molecule has 1 heterocycles. The Kier molecular flexibility index (Phi) is 6.07. The van der Waals surface area contributed by atoms with Gasteiger partial charge in [0.2, 0.25) is 5.91 Å². The Morgan fingerprint density at radius 2 is 1.96 bits per heavy atom. The van der Waals surface area contributed by atoms with E-state index in [1.807, 2.05) is 24.3 Å². The van der Waals surface area contributed by atoms with Crippen molar-refractivity contribution in [3.05, 3.63) is 63.1 Å². The molecule has 1 aliphatic heterocycles. The Balaban J connectivity index is 1.54. The number of carbonyl (C=O) groups excluding carboxylic acids is 1. The Morgan fingerprint density at radius 1 is 1.19 bits per heavy atom. The van der Waals surface area contributed by atoms with Crippen molar-refractivity contribution in [1.82, 2.24) is 10.2 Å². The van der Waals surface area contributed by atoms with Crippen LogP contribution in [0.1, 0.15) is 16.7 Å². The third-order valence-electron chi connectivity index (χ3n) is 4.67. The maximum Gasteiger partial charge on any atom is 0.225 e. The summed E-state index contributed by atoms with van der Waals surface area (Å²) in [5.41, 5.74) is 3.41. The Labute approximate surface area is 164 Å². The molecule has 3 rings (SSSR count). The number of carbonyl (C=O) groups is 1. The minimum atomic E-state index is 0.120. The Morgan fingerprint density at radius 3 is 2.62 bits per heavy atom. The topological polar surface area (TPSA) is 41.6 Å². The largest absolute Gasteiger partial charge is 0.489 e. The number of aryl methyl sites for hydroxylation is 1. The molecule has 6 heteroatoms. The van der Waals surface area contributed by atoms with Gasteiger partial charge in [-0.05, 0) is 47.9 Å². The SMILES string of the molecule is CNC(=O)C1CN(Cc2ccc(OCc3ccc(Cl)c(Cl)c3)cc2C)C1. The van der Waals surface area contributed by atoms with Crippen LogP contribution >= 0.6 is 23.2 Å². The van der Waals surface area contributed by atoms with E-state index in [4.69, 9.17) is 27.9 Å². The van der Waals surface area contributed by atoms with E-state index >= 15 is 0 Å². The van der Waals surface area contributed by atoms with E-state index in [0.717, 1.165) is 30.9 Å². The molecule has 0 bridgehead atoms.